The lowest BCUT2D eigenvalue weighted by atomic mass is 9.72. The highest BCUT2D eigenvalue weighted by Gasteiger charge is 2.42. The molecule has 1 atom stereocenters. The van der Waals surface area contributed by atoms with Crippen LogP contribution in [-0.2, 0) is 21.5 Å². The molecule has 3 heterocycles. The summed E-state index contributed by atoms with van der Waals surface area (Å²) in [5.41, 5.74) is 0.0343. The molecule has 36 heavy (non-hydrogen) atoms. The summed E-state index contributed by atoms with van der Waals surface area (Å²) in [5, 5.41) is 5.29. The lowest BCUT2D eigenvalue weighted by Crippen LogP contribution is -2.51. The largest absolute Gasteiger partial charge is 0.329 e. The third-order valence-electron chi connectivity index (χ3n) is 6.89. The molecular formula is C26H29N5O5. The normalized spacial score (nSPS) is 17.9. The van der Waals surface area contributed by atoms with Crippen LogP contribution in [-0.4, -0.2) is 32.3 Å². The van der Waals surface area contributed by atoms with Crippen LogP contribution in [0.15, 0.2) is 39.9 Å². The van der Waals surface area contributed by atoms with Gasteiger partial charge in [-0.1, -0.05) is 32.9 Å². The smallest absolute Gasteiger partial charge is 0.322 e. The van der Waals surface area contributed by atoms with Gasteiger partial charge in [-0.15, -0.1) is 0 Å². The second-order valence-corrected chi connectivity index (χ2v) is 9.30. The lowest BCUT2D eigenvalue weighted by Gasteiger charge is -2.35. The zero-order valence-electron chi connectivity index (χ0n) is 20.7. The van der Waals surface area contributed by atoms with Gasteiger partial charge in [0.25, 0.3) is 11.5 Å². The third kappa shape index (κ3) is 4.23. The molecule has 4 rings (SSSR count). The summed E-state index contributed by atoms with van der Waals surface area (Å²) in [6.07, 6.45) is 1.21. The van der Waals surface area contributed by atoms with E-state index in [9.17, 15) is 24.0 Å². The number of imide groups is 1. The summed E-state index contributed by atoms with van der Waals surface area (Å²) in [4.78, 5) is 69.5. The van der Waals surface area contributed by atoms with Gasteiger partial charge in [0, 0.05) is 24.3 Å². The maximum atomic E-state index is 13.4. The number of benzene rings is 1. The van der Waals surface area contributed by atoms with Gasteiger partial charge in [-0.05, 0) is 49.4 Å². The molecule has 0 saturated carbocycles. The highest BCUT2D eigenvalue weighted by molar-refractivity contribution is 6.12. The second kappa shape index (κ2) is 9.52. The molecule has 0 aliphatic carbocycles. The first-order valence-corrected chi connectivity index (χ1v) is 12.0. The quantitative estimate of drug-likeness (QED) is 0.452. The number of nitrogens with zero attached hydrogens (tertiary/aromatic N) is 2. The van der Waals surface area contributed by atoms with Gasteiger partial charge in [0.2, 0.25) is 11.8 Å². The Morgan fingerprint density at radius 1 is 1.14 bits per heavy atom. The summed E-state index contributed by atoms with van der Waals surface area (Å²) >= 11 is 0. The van der Waals surface area contributed by atoms with Crippen molar-refractivity contribution in [2.45, 2.75) is 64.8 Å². The highest BCUT2D eigenvalue weighted by Crippen LogP contribution is 2.36. The van der Waals surface area contributed by atoms with Crippen molar-refractivity contribution in [1.82, 2.24) is 19.9 Å². The van der Waals surface area contributed by atoms with Crippen LogP contribution in [0, 0.1) is 0 Å². The molecule has 1 aromatic carbocycles. The van der Waals surface area contributed by atoms with E-state index < -0.39 is 22.6 Å². The monoisotopic (exact) mass is 491 g/mol. The minimum absolute atomic E-state index is 0.0429. The van der Waals surface area contributed by atoms with E-state index in [1.807, 2.05) is 20.8 Å². The van der Waals surface area contributed by atoms with Crippen LogP contribution in [0.1, 0.15) is 74.5 Å². The fourth-order valence-electron chi connectivity index (χ4n) is 4.70. The van der Waals surface area contributed by atoms with Crippen molar-refractivity contribution in [2.75, 3.05) is 5.32 Å². The zero-order valence-corrected chi connectivity index (χ0v) is 20.7. The number of aryl methyl sites for hydroxylation is 1. The number of nitrogens with one attached hydrogen (secondary N) is 3. The fourth-order valence-corrected chi connectivity index (χ4v) is 4.70. The minimum Gasteiger partial charge on any atom is -0.322 e. The Morgan fingerprint density at radius 2 is 1.83 bits per heavy atom. The molecule has 1 saturated heterocycles. The Morgan fingerprint density at radius 3 is 2.42 bits per heavy atom. The van der Waals surface area contributed by atoms with Crippen molar-refractivity contribution in [2.24, 2.45) is 0 Å². The van der Waals surface area contributed by atoms with E-state index in [1.54, 1.807) is 37.3 Å². The summed E-state index contributed by atoms with van der Waals surface area (Å²) in [6, 6.07) is 8.48. The van der Waals surface area contributed by atoms with E-state index in [4.69, 9.17) is 0 Å². The molecule has 0 spiro atoms. The van der Waals surface area contributed by atoms with Crippen LogP contribution < -0.4 is 21.9 Å². The molecule has 188 valence electrons. The molecule has 2 aromatic heterocycles. The Kier molecular flexibility index (Phi) is 6.62. The van der Waals surface area contributed by atoms with Crippen molar-refractivity contribution in [3.05, 3.63) is 68.0 Å². The first-order chi connectivity index (χ1) is 17.1. The molecular weight excluding hydrogens is 462 g/mol. The van der Waals surface area contributed by atoms with E-state index in [-0.39, 0.29) is 47.3 Å². The highest BCUT2D eigenvalue weighted by atomic mass is 16.2. The van der Waals surface area contributed by atoms with Crippen LogP contribution in [0.2, 0.25) is 0 Å². The molecule has 0 radical (unpaired) electrons. The topological polar surface area (TPSA) is 143 Å². The van der Waals surface area contributed by atoms with Gasteiger partial charge >= 0.3 is 5.69 Å². The van der Waals surface area contributed by atoms with Crippen molar-refractivity contribution >= 4 is 34.4 Å². The zero-order chi connectivity index (χ0) is 26.2. The third-order valence-corrected chi connectivity index (χ3v) is 6.89. The van der Waals surface area contributed by atoms with E-state index in [2.05, 4.69) is 20.6 Å². The molecule has 10 nitrogen and oxygen atoms in total. The minimum atomic E-state index is -0.805. The van der Waals surface area contributed by atoms with Crippen LogP contribution in [0.25, 0.3) is 11.0 Å². The van der Waals surface area contributed by atoms with Crippen molar-refractivity contribution in [3.8, 4) is 0 Å². The van der Waals surface area contributed by atoms with Crippen LogP contribution in [0.4, 0.5) is 5.69 Å². The number of pyridine rings is 1. The van der Waals surface area contributed by atoms with E-state index in [0.717, 1.165) is 5.56 Å². The first kappa shape index (κ1) is 25.0. The number of H-pyrrole nitrogens is 1. The number of piperidine rings is 1. The molecule has 3 N–H and O–H groups in total. The van der Waals surface area contributed by atoms with Gasteiger partial charge in [-0.2, -0.15) is 0 Å². The number of anilines is 1. The van der Waals surface area contributed by atoms with E-state index >= 15 is 0 Å². The Hall–Kier alpha value is -4.08. The number of fused-ring (bicyclic) bond motifs is 1. The second-order valence-electron chi connectivity index (χ2n) is 9.30. The van der Waals surface area contributed by atoms with Crippen LogP contribution >= 0.6 is 0 Å². The lowest BCUT2D eigenvalue weighted by molar-refractivity contribution is -0.138. The molecule has 1 aliphatic heterocycles. The summed E-state index contributed by atoms with van der Waals surface area (Å²) < 4.78 is 1.33. The van der Waals surface area contributed by atoms with Crippen LogP contribution in [0.3, 0.4) is 0 Å². The number of carbonyl (C=O) groups excluding carboxylic acids is 3. The van der Waals surface area contributed by atoms with Crippen molar-refractivity contribution < 1.29 is 14.4 Å². The maximum absolute atomic E-state index is 13.4. The average Bonchev–Trinajstić information content (AvgIpc) is 2.84. The number of amides is 3. The fraction of sp³-hybridized carbons (Fsp3) is 0.385. The predicted molar refractivity (Wildman–Crippen MR) is 135 cm³/mol. The molecule has 1 unspecified atom stereocenters. The average molecular weight is 492 g/mol. The van der Waals surface area contributed by atoms with Gasteiger partial charge in [-0.3, -0.25) is 34.0 Å². The summed E-state index contributed by atoms with van der Waals surface area (Å²) in [7, 11) is 0. The van der Waals surface area contributed by atoms with Gasteiger partial charge in [-0.25, -0.2) is 9.78 Å². The number of carbonyl (C=O) groups is 3. The predicted octanol–water partition coefficient (Wildman–Crippen LogP) is 2.56. The Balaban J connectivity index is 1.72. The van der Waals surface area contributed by atoms with E-state index in [0.29, 0.717) is 24.2 Å². The molecule has 3 amide bonds. The van der Waals surface area contributed by atoms with E-state index in [1.165, 1.54) is 4.57 Å². The number of hydrogen-bond acceptors (Lipinski definition) is 6. The standard InChI is InChI=1S/C26H29N5O5/c1-5-26(12-11-19(32)29-24(26)35)15-7-9-16(10-8-15)27-22(33)17-13-18(14(3)4)28-21-20(17)23(34)30-25(36)31(21)6-2/h7-10,13-14H,5-6,11-12H2,1-4H3,(H,27,33)(H,29,32,35)(H,30,34,36). The summed E-state index contributed by atoms with van der Waals surface area (Å²) in [5.74, 6) is -1.15. The maximum Gasteiger partial charge on any atom is 0.329 e. The molecule has 10 heteroatoms. The van der Waals surface area contributed by atoms with Crippen LogP contribution in [0.5, 0.6) is 0 Å². The van der Waals surface area contributed by atoms with Crippen molar-refractivity contribution in [1.29, 1.82) is 0 Å². The number of aromatic nitrogens is 3. The van der Waals surface area contributed by atoms with Gasteiger partial charge in [0.05, 0.1) is 16.4 Å². The molecule has 1 fully saturated rings. The summed E-state index contributed by atoms with van der Waals surface area (Å²) in [6.45, 7) is 7.76. The molecule has 1 aliphatic rings. The number of rotatable bonds is 6. The molecule has 0 bridgehead atoms. The first-order valence-electron chi connectivity index (χ1n) is 12.0. The Bertz CT molecular complexity index is 1490. The number of hydrogen-bond donors (Lipinski definition) is 3. The van der Waals surface area contributed by atoms with Gasteiger partial charge in [0.1, 0.15) is 0 Å². The van der Waals surface area contributed by atoms with Gasteiger partial charge in [0.15, 0.2) is 5.65 Å². The Labute approximate surface area is 207 Å². The van der Waals surface area contributed by atoms with Gasteiger partial charge < -0.3 is 5.32 Å². The molecule has 3 aromatic rings. The SMILES string of the molecule is CCn1c(=O)[nH]c(=O)c2c(C(=O)Nc3ccc(C4(CC)CCC(=O)NC4=O)cc3)cc(C(C)C)nc21. The van der Waals surface area contributed by atoms with Crippen molar-refractivity contribution in [3.63, 3.8) is 0 Å². The number of aromatic amines is 1.